The fraction of sp³-hybridized carbons (Fsp3) is 0.889. The van der Waals surface area contributed by atoms with Crippen LogP contribution in [-0.2, 0) is 4.74 Å². The van der Waals surface area contributed by atoms with Crippen molar-refractivity contribution < 1.29 is 4.74 Å². The van der Waals surface area contributed by atoms with Crippen LogP contribution in [0.5, 0.6) is 0 Å². The average Bonchev–Trinajstić information content (AvgIpc) is 2.86. The summed E-state index contributed by atoms with van der Waals surface area (Å²) in [5.41, 5.74) is 1.81. The van der Waals surface area contributed by atoms with E-state index in [1.165, 1.54) is 64.2 Å². The molecule has 3 fully saturated rings. The lowest BCUT2D eigenvalue weighted by atomic mass is 9.70. The average molecular weight is 339 g/mol. The van der Waals surface area contributed by atoms with Gasteiger partial charge in [-0.3, -0.25) is 0 Å². The first-order valence-corrected chi connectivity index (χ1v) is 9.71. The molecular weight excluding hydrogens is 312 g/mol. The zero-order valence-electron chi connectivity index (χ0n) is 12.4. The summed E-state index contributed by atoms with van der Waals surface area (Å²) in [5, 5.41) is 0. The largest absolute Gasteiger partial charge is 0.374 e. The van der Waals surface area contributed by atoms with E-state index in [0.29, 0.717) is 12.2 Å². The van der Waals surface area contributed by atoms with Crippen molar-refractivity contribution in [1.82, 2.24) is 0 Å². The van der Waals surface area contributed by atoms with Gasteiger partial charge in [0, 0.05) is 4.83 Å². The Labute approximate surface area is 131 Å². The van der Waals surface area contributed by atoms with Gasteiger partial charge >= 0.3 is 0 Å². The molecule has 4 atom stereocenters. The van der Waals surface area contributed by atoms with Crippen molar-refractivity contribution in [2.75, 3.05) is 0 Å². The van der Waals surface area contributed by atoms with Crippen molar-refractivity contribution in [2.45, 2.75) is 81.2 Å². The third-order valence-electron chi connectivity index (χ3n) is 6.40. The Morgan fingerprint density at radius 1 is 0.900 bits per heavy atom. The van der Waals surface area contributed by atoms with Crippen molar-refractivity contribution >= 4 is 15.9 Å². The first kappa shape index (κ1) is 13.8. The fourth-order valence-electron chi connectivity index (χ4n) is 5.28. The quantitative estimate of drug-likeness (QED) is 0.469. The van der Waals surface area contributed by atoms with E-state index < -0.39 is 0 Å². The summed E-state index contributed by atoms with van der Waals surface area (Å²) < 4.78 is 6.37. The Hall–Kier alpha value is 0.180. The SMILES string of the molecule is BrC1CCC(C2=CCC3OC4CCCCC4C3C2)CC1. The fourth-order valence-corrected chi connectivity index (χ4v) is 5.81. The molecule has 0 spiro atoms. The van der Waals surface area contributed by atoms with Gasteiger partial charge in [0.1, 0.15) is 0 Å². The number of ether oxygens (including phenoxy) is 1. The highest BCUT2D eigenvalue weighted by molar-refractivity contribution is 9.09. The first-order chi connectivity index (χ1) is 9.81. The number of hydrogen-bond acceptors (Lipinski definition) is 1. The van der Waals surface area contributed by atoms with Gasteiger partial charge in [0.25, 0.3) is 0 Å². The van der Waals surface area contributed by atoms with Crippen LogP contribution in [0.1, 0.15) is 64.2 Å². The van der Waals surface area contributed by atoms with E-state index in [0.717, 1.165) is 22.6 Å². The molecule has 1 saturated heterocycles. The number of fused-ring (bicyclic) bond motifs is 3. The standard InChI is InChI=1S/C18H27BrO/c19-14-8-5-12(6-9-14)13-7-10-18-16(11-13)15-3-1-2-4-17(15)20-18/h7,12,14-18H,1-6,8-11H2. The maximum absolute atomic E-state index is 6.37. The highest BCUT2D eigenvalue weighted by Gasteiger charge is 2.46. The molecule has 0 aromatic heterocycles. The molecular formula is C18H27BrO. The molecule has 0 bridgehead atoms. The van der Waals surface area contributed by atoms with E-state index >= 15 is 0 Å². The lowest BCUT2D eigenvalue weighted by Crippen LogP contribution is -2.29. The maximum Gasteiger partial charge on any atom is 0.0648 e. The number of rotatable bonds is 1. The molecule has 3 aliphatic carbocycles. The second-order valence-corrected chi connectivity index (χ2v) is 8.79. The van der Waals surface area contributed by atoms with Gasteiger partial charge in [0.2, 0.25) is 0 Å². The summed E-state index contributed by atoms with van der Waals surface area (Å²) in [6.07, 6.45) is 17.5. The van der Waals surface area contributed by atoms with Crippen LogP contribution in [0.15, 0.2) is 11.6 Å². The van der Waals surface area contributed by atoms with Crippen LogP contribution in [0.4, 0.5) is 0 Å². The molecule has 4 rings (SSSR count). The van der Waals surface area contributed by atoms with Gasteiger partial charge in [-0.2, -0.15) is 0 Å². The molecule has 0 aromatic carbocycles. The first-order valence-electron chi connectivity index (χ1n) is 8.79. The molecule has 20 heavy (non-hydrogen) atoms. The Balaban J connectivity index is 1.44. The van der Waals surface area contributed by atoms with Crippen molar-refractivity contribution in [1.29, 1.82) is 0 Å². The highest BCUT2D eigenvalue weighted by Crippen LogP contribution is 2.49. The van der Waals surface area contributed by atoms with E-state index in [1.54, 1.807) is 5.57 Å². The number of allylic oxidation sites excluding steroid dienone is 1. The Kier molecular flexibility index (Phi) is 3.98. The molecule has 1 nitrogen and oxygen atoms in total. The second-order valence-electron chi connectivity index (χ2n) is 7.49. The predicted molar refractivity (Wildman–Crippen MR) is 86.1 cm³/mol. The highest BCUT2D eigenvalue weighted by atomic mass is 79.9. The van der Waals surface area contributed by atoms with E-state index in [2.05, 4.69) is 22.0 Å². The van der Waals surface area contributed by atoms with Gasteiger partial charge in [-0.1, -0.05) is 40.4 Å². The third-order valence-corrected chi connectivity index (χ3v) is 7.31. The molecule has 0 N–H and O–H groups in total. The maximum atomic E-state index is 6.37. The Morgan fingerprint density at radius 3 is 2.55 bits per heavy atom. The molecule has 0 amide bonds. The minimum atomic E-state index is 0.569. The number of halogens is 1. The molecule has 2 heteroatoms. The van der Waals surface area contributed by atoms with Gasteiger partial charge in [-0.15, -0.1) is 0 Å². The van der Waals surface area contributed by atoms with Gasteiger partial charge in [0.05, 0.1) is 12.2 Å². The minimum absolute atomic E-state index is 0.569. The van der Waals surface area contributed by atoms with Crippen molar-refractivity contribution in [3.8, 4) is 0 Å². The summed E-state index contributed by atoms with van der Waals surface area (Å²) in [6, 6.07) is 0. The minimum Gasteiger partial charge on any atom is -0.374 e. The van der Waals surface area contributed by atoms with E-state index in [-0.39, 0.29) is 0 Å². The van der Waals surface area contributed by atoms with E-state index in [1.807, 2.05) is 0 Å². The van der Waals surface area contributed by atoms with Gasteiger partial charge in [0.15, 0.2) is 0 Å². The molecule has 4 unspecified atom stereocenters. The summed E-state index contributed by atoms with van der Waals surface area (Å²) in [7, 11) is 0. The van der Waals surface area contributed by atoms with Crippen LogP contribution in [-0.4, -0.2) is 17.0 Å². The van der Waals surface area contributed by atoms with E-state index in [9.17, 15) is 0 Å². The van der Waals surface area contributed by atoms with Gasteiger partial charge in [-0.05, 0) is 69.1 Å². The van der Waals surface area contributed by atoms with Crippen molar-refractivity contribution in [3.63, 3.8) is 0 Å². The molecule has 1 heterocycles. The number of hydrogen-bond donors (Lipinski definition) is 0. The summed E-state index contributed by atoms with van der Waals surface area (Å²) in [5.74, 6) is 2.65. The molecule has 0 radical (unpaired) electrons. The van der Waals surface area contributed by atoms with Crippen LogP contribution in [0.25, 0.3) is 0 Å². The van der Waals surface area contributed by atoms with Crippen LogP contribution < -0.4 is 0 Å². The Bertz CT molecular complexity index is 383. The zero-order chi connectivity index (χ0) is 13.5. The molecule has 0 aromatic rings. The van der Waals surface area contributed by atoms with Gasteiger partial charge in [-0.25, -0.2) is 0 Å². The van der Waals surface area contributed by atoms with Crippen LogP contribution in [0.3, 0.4) is 0 Å². The summed E-state index contributed by atoms with van der Waals surface area (Å²) >= 11 is 3.79. The molecule has 112 valence electrons. The second kappa shape index (κ2) is 5.76. The summed E-state index contributed by atoms with van der Waals surface area (Å²) in [4.78, 5) is 0.785. The van der Waals surface area contributed by atoms with Crippen LogP contribution in [0, 0.1) is 17.8 Å². The van der Waals surface area contributed by atoms with Gasteiger partial charge < -0.3 is 4.74 Å². The molecule has 4 aliphatic rings. The van der Waals surface area contributed by atoms with Crippen molar-refractivity contribution in [2.24, 2.45) is 17.8 Å². The summed E-state index contributed by atoms with van der Waals surface area (Å²) in [6.45, 7) is 0. The van der Waals surface area contributed by atoms with E-state index in [4.69, 9.17) is 4.74 Å². The zero-order valence-corrected chi connectivity index (χ0v) is 14.0. The normalized spacial score (nSPS) is 48.4. The van der Waals surface area contributed by atoms with Crippen LogP contribution in [0.2, 0.25) is 0 Å². The molecule has 1 aliphatic heterocycles. The lowest BCUT2D eigenvalue weighted by molar-refractivity contribution is 0.0159. The van der Waals surface area contributed by atoms with Crippen LogP contribution >= 0.6 is 15.9 Å². The number of alkyl halides is 1. The van der Waals surface area contributed by atoms with Crippen molar-refractivity contribution in [3.05, 3.63) is 11.6 Å². The molecule has 2 saturated carbocycles. The monoisotopic (exact) mass is 338 g/mol. The Morgan fingerprint density at radius 2 is 1.70 bits per heavy atom. The third kappa shape index (κ3) is 2.52. The predicted octanol–water partition coefficient (Wildman–Crippen LogP) is 5.23. The topological polar surface area (TPSA) is 9.23 Å². The smallest absolute Gasteiger partial charge is 0.0648 e. The lowest BCUT2D eigenvalue weighted by Gasteiger charge is -2.35.